The summed E-state index contributed by atoms with van der Waals surface area (Å²) in [6, 6.07) is 0. The molecule has 62 valence electrons. The van der Waals surface area contributed by atoms with Crippen LogP contribution < -0.4 is 0 Å². The Labute approximate surface area is 71.8 Å². The van der Waals surface area contributed by atoms with E-state index in [0.29, 0.717) is 11.8 Å². The summed E-state index contributed by atoms with van der Waals surface area (Å²) in [5.74, 6) is 1.07. The average Bonchev–Trinajstić information content (AvgIpc) is 2.32. The maximum atomic E-state index is 4.11. The molecule has 0 spiro atoms. The number of rotatable bonds is 2. The normalized spacial score (nSPS) is 11.5. The predicted octanol–water partition coefficient (Wildman–Crippen LogP) is 2.78. The molecule has 3 heteroatoms. The van der Waals surface area contributed by atoms with Gasteiger partial charge in [-0.2, -0.15) is 0 Å². The Morgan fingerprint density at radius 3 is 2.09 bits per heavy atom. The van der Waals surface area contributed by atoms with Crippen LogP contribution in [0.25, 0.3) is 0 Å². The van der Waals surface area contributed by atoms with Gasteiger partial charge in [0.15, 0.2) is 0 Å². The van der Waals surface area contributed by atoms with Gasteiger partial charge >= 0.3 is 0 Å². The van der Waals surface area contributed by atoms with Crippen molar-refractivity contribution in [3.8, 4) is 0 Å². The topological polar surface area (TPSA) is 25.8 Å². The number of hydrogen-bond acceptors (Lipinski definition) is 3. The van der Waals surface area contributed by atoms with Crippen LogP contribution in [0.4, 0.5) is 0 Å². The lowest BCUT2D eigenvalue weighted by Crippen LogP contribution is -1.94. The second kappa shape index (κ2) is 3.30. The van der Waals surface area contributed by atoms with Crippen LogP contribution in [-0.2, 0) is 0 Å². The summed E-state index contributed by atoms with van der Waals surface area (Å²) >= 11 is 1.52. The van der Waals surface area contributed by atoms with Crippen molar-refractivity contribution in [3.05, 3.63) is 10.6 Å². The molecular weight excluding hydrogens is 156 g/mol. The summed E-state index contributed by atoms with van der Waals surface area (Å²) in [5.41, 5.74) is 1.17. The molecule has 0 aromatic carbocycles. The van der Waals surface area contributed by atoms with E-state index in [4.69, 9.17) is 0 Å². The Morgan fingerprint density at radius 2 is 1.73 bits per heavy atom. The van der Waals surface area contributed by atoms with Gasteiger partial charge in [0.25, 0.3) is 0 Å². The average molecular weight is 170 g/mol. The Bertz CT molecular complexity index is 205. The molecule has 0 atom stereocenters. The maximum absolute atomic E-state index is 4.11. The molecule has 0 aliphatic rings. The molecule has 1 aromatic heterocycles. The van der Waals surface area contributed by atoms with Gasteiger partial charge in [0.05, 0.1) is 10.6 Å². The zero-order valence-corrected chi connectivity index (χ0v) is 8.27. The molecular formula is C8H14N2S. The molecule has 2 nitrogen and oxygen atoms in total. The highest BCUT2D eigenvalue weighted by molar-refractivity contribution is 7.05. The van der Waals surface area contributed by atoms with E-state index in [-0.39, 0.29) is 0 Å². The molecule has 0 aliphatic carbocycles. The van der Waals surface area contributed by atoms with Crippen molar-refractivity contribution in [2.24, 2.45) is 0 Å². The van der Waals surface area contributed by atoms with Gasteiger partial charge in [-0.3, -0.25) is 0 Å². The summed E-state index contributed by atoms with van der Waals surface area (Å²) in [4.78, 5) is 1.33. The van der Waals surface area contributed by atoms with Crippen LogP contribution in [0.15, 0.2) is 0 Å². The van der Waals surface area contributed by atoms with Crippen LogP contribution in [0.2, 0.25) is 0 Å². The highest BCUT2D eigenvalue weighted by atomic mass is 32.1. The first-order valence-electron chi connectivity index (χ1n) is 3.95. The molecule has 1 aromatic rings. The van der Waals surface area contributed by atoms with E-state index in [2.05, 4.69) is 37.3 Å². The van der Waals surface area contributed by atoms with Gasteiger partial charge in [-0.1, -0.05) is 32.2 Å². The molecule has 11 heavy (non-hydrogen) atoms. The zero-order valence-electron chi connectivity index (χ0n) is 7.46. The van der Waals surface area contributed by atoms with E-state index in [9.17, 15) is 0 Å². The van der Waals surface area contributed by atoms with Gasteiger partial charge < -0.3 is 0 Å². The van der Waals surface area contributed by atoms with E-state index in [1.807, 2.05) is 0 Å². The fraction of sp³-hybridized carbons (Fsp3) is 0.750. The van der Waals surface area contributed by atoms with Crippen molar-refractivity contribution >= 4 is 11.5 Å². The maximum Gasteiger partial charge on any atom is 0.0815 e. The minimum Gasteiger partial charge on any atom is -0.143 e. The monoisotopic (exact) mass is 170 g/mol. The number of aromatic nitrogens is 2. The van der Waals surface area contributed by atoms with Gasteiger partial charge in [0.2, 0.25) is 0 Å². The van der Waals surface area contributed by atoms with E-state index in [0.717, 1.165) is 0 Å². The smallest absolute Gasteiger partial charge is 0.0815 e. The van der Waals surface area contributed by atoms with Crippen molar-refractivity contribution in [2.75, 3.05) is 0 Å². The Hall–Kier alpha value is -0.440. The molecule has 0 fully saturated rings. The van der Waals surface area contributed by atoms with Gasteiger partial charge in [0, 0.05) is 0 Å². The number of nitrogens with zero attached hydrogens (tertiary/aromatic N) is 2. The van der Waals surface area contributed by atoms with Crippen molar-refractivity contribution in [1.29, 1.82) is 0 Å². The minimum absolute atomic E-state index is 0.506. The highest BCUT2D eigenvalue weighted by Crippen LogP contribution is 2.26. The van der Waals surface area contributed by atoms with Crippen molar-refractivity contribution in [1.82, 2.24) is 9.59 Å². The molecule has 1 rings (SSSR count). The lowest BCUT2D eigenvalue weighted by atomic mass is 10.0. The van der Waals surface area contributed by atoms with E-state index in [1.165, 1.54) is 22.1 Å². The third-order valence-electron chi connectivity index (χ3n) is 1.61. The van der Waals surface area contributed by atoms with E-state index < -0.39 is 0 Å². The fourth-order valence-corrected chi connectivity index (χ4v) is 1.80. The molecule has 0 aliphatic heterocycles. The van der Waals surface area contributed by atoms with Crippen LogP contribution in [0, 0.1) is 0 Å². The first-order valence-corrected chi connectivity index (χ1v) is 4.72. The van der Waals surface area contributed by atoms with Crippen molar-refractivity contribution in [3.63, 3.8) is 0 Å². The van der Waals surface area contributed by atoms with E-state index in [1.54, 1.807) is 0 Å². The largest absolute Gasteiger partial charge is 0.143 e. The zero-order chi connectivity index (χ0) is 8.43. The molecule has 0 N–H and O–H groups in total. The Morgan fingerprint density at radius 1 is 1.09 bits per heavy atom. The first-order chi connectivity index (χ1) is 5.13. The van der Waals surface area contributed by atoms with Gasteiger partial charge in [-0.25, -0.2) is 0 Å². The summed E-state index contributed by atoms with van der Waals surface area (Å²) in [7, 11) is 0. The second-order valence-corrected chi connectivity index (χ2v) is 4.12. The van der Waals surface area contributed by atoms with Crippen molar-refractivity contribution < 1.29 is 0 Å². The molecule has 0 saturated heterocycles. The quantitative estimate of drug-likeness (QED) is 0.682. The van der Waals surface area contributed by atoms with Gasteiger partial charge in [-0.05, 0) is 23.4 Å². The lowest BCUT2D eigenvalue weighted by molar-refractivity contribution is 0.768. The standard InChI is InChI=1S/C8H14N2S/c1-5(2)7-8(6(3)4)11-10-9-7/h5-6H,1-4H3. The Balaban J connectivity index is 2.96. The summed E-state index contributed by atoms with van der Waals surface area (Å²) in [5, 5.41) is 4.11. The minimum atomic E-state index is 0.506. The van der Waals surface area contributed by atoms with Crippen LogP contribution >= 0.6 is 11.5 Å². The SMILES string of the molecule is CC(C)c1nnsc1C(C)C. The van der Waals surface area contributed by atoms with Crippen LogP contribution in [0.3, 0.4) is 0 Å². The van der Waals surface area contributed by atoms with Gasteiger partial charge in [-0.15, -0.1) is 5.10 Å². The van der Waals surface area contributed by atoms with Crippen LogP contribution in [0.5, 0.6) is 0 Å². The fourth-order valence-electron chi connectivity index (χ4n) is 1.01. The molecule has 0 amide bonds. The predicted molar refractivity (Wildman–Crippen MR) is 48.1 cm³/mol. The third-order valence-corrected chi connectivity index (χ3v) is 2.65. The van der Waals surface area contributed by atoms with Gasteiger partial charge in [0.1, 0.15) is 0 Å². The van der Waals surface area contributed by atoms with E-state index >= 15 is 0 Å². The summed E-state index contributed by atoms with van der Waals surface area (Å²) in [6.07, 6.45) is 0. The molecule has 0 radical (unpaired) electrons. The third kappa shape index (κ3) is 1.77. The second-order valence-electron chi connectivity index (χ2n) is 3.33. The molecule has 0 unspecified atom stereocenters. The van der Waals surface area contributed by atoms with Crippen LogP contribution in [-0.4, -0.2) is 9.59 Å². The van der Waals surface area contributed by atoms with Crippen LogP contribution in [0.1, 0.15) is 50.1 Å². The van der Waals surface area contributed by atoms with Crippen molar-refractivity contribution in [2.45, 2.75) is 39.5 Å². The lowest BCUT2D eigenvalue weighted by Gasteiger charge is -2.05. The Kier molecular flexibility index (Phi) is 2.60. The first kappa shape index (κ1) is 8.65. The molecule has 0 saturated carbocycles. The molecule has 0 bridgehead atoms. The highest BCUT2D eigenvalue weighted by Gasteiger charge is 2.13. The summed E-state index contributed by atoms with van der Waals surface area (Å²) < 4.78 is 3.96. The summed E-state index contributed by atoms with van der Waals surface area (Å²) in [6.45, 7) is 8.67. The molecule has 1 heterocycles. The number of hydrogen-bond donors (Lipinski definition) is 0.